The summed E-state index contributed by atoms with van der Waals surface area (Å²) in [5, 5.41) is 3.56. The molecule has 0 aliphatic carbocycles. The average Bonchev–Trinajstić information content (AvgIpc) is 3.52. The Hall–Kier alpha value is -3.20. The Morgan fingerprint density at radius 1 is 0.875 bits per heavy atom. The highest BCUT2D eigenvalue weighted by Crippen LogP contribution is 2.22. The number of amides is 2. The van der Waals surface area contributed by atoms with Gasteiger partial charge >= 0.3 is 0 Å². The number of carbonyl (C=O) groups excluding carboxylic acids is 2. The van der Waals surface area contributed by atoms with E-state index in [2.05, 4.69) is 5.32 Å². The fourth-order valence-electron chi connectivity index (χ4n) is 4.79. The van der Waals surface area contributed by atoms with Crippen LogP contribution in [0.15, 0.2) is 83.8 Å². The SMILES string of the molecule is C[C@@H](C(=O)NCCc1ccccc1)N(Cc1ccc(Cl)cc1)C(=O)CCc1ccc(S(=O)(=O)N2CCCC2)cc1. The molecule has 3 aromatic carbocycles. The van der Waals surface area contributed by atoms with Crippen LogP contribution in [0, 0.1) is 0 Å². The van der Waals surface area contributed by atoms with Crippen LogP contribution in [0.2, 0.25) is 5.02 Å². The Morgan fingerprint density at radius 2 is 1.48 bits per heavy atom. The van der Waals surface area contributed by atoms with Crippen LogP contribution >= 0.6 is 11.6 Å². The molecule has 40 heavy (non-hydrogen) atoms. The monoisotopic (exact) mass is 581 g/mol. The predicted octanol–water partition coefficient (Wildman–Crippen LogP) is 4.83. The summed E-state index contributed by atoms with van der Waals surface area (Å²) in [5.74, 6) is -0.371. The molecule has 3 aromatic rings. The van der Waals surface area contributed by atoms with Crippen molar-refractivity contribution in [2.75, 3.05) is 19.6 Å². The maximum Gasteiger partial charge on any atom is 0.243 e. The van der Waals surface area contributed by atoms with E-state index in [9.17, 15) is 18.0 Å². The lowest BCUT2D eigenvalue weighted by molar-refractivity contribution is -0.140. The summed E-state index contributed by atoms with van der Waals surface area (Å²) in [6, 6.07) is 23.2. The van der Waals surface area contributed by atoms with Crippen LogP contribution in [-0.4, -0.2) is 55.1 Å². The average molecular weight is 582 g/mol. The fourth-order valence-corrected chi connectivity index (χ4v) is 6.44. The number of hydrogen-bond donors (Lipinski definition) is 1. The normalized spacial score (nSPS) is 14.6. The predicted molar refractivity (Wildman–Crippen MR) is 157 cm³/mol. The van der Waals surface area contributed by atoms with Crippen LogP contribution in [0.3, 0.4) is 0 Å². The van der Waals surface area contributed by atoms with Crippen LogP contribution in [-0.2, 0) is 39.0 Å². The summed E-state index contributed by atoms with van der Waals surface area (Å²) < 4.78 is 27.1. The van der Waals surface area contributed by atoms with Crippen molar-refractivity contribution >= 4 is 33.4 Å². The molecule has 0 unspecified atom stereocenters. The molecular formula is C31H36ClN3O4S. The van der Waals surface area contributed by atoms with Crippen molar-refractivity contribution in [2.24, 2.45) is 0 Å². The minimum Gasteiger partial charge on any atom is -0.354 e. The largest absolute Gasteiger partial charge is 0.354 e. The standard InChI is InChI=1S/C31H36ClN3O4S/c1-24(31(37)33-20-19-25-7-3-2-4-8-25)35(23-27-9-14-28(32)15-10-27)30(36)18-13-26-11-16-29(17-12-26)40(38,39)34-21-5-6-22-34/h2-4,7-12,14-17,24H,5-6,13,18-23H2,1H3,(H,33,37)/t24-/m0/s1. The Labute approximate surface area is 242 Å². The highest BCUT2D eigenvalue weighted by molar-refractivity contribution is 7.89. The second-order valence-corrected chi connectivity index (χ2v) is 12.5. The number of nitrogens with one attached hydrogen (secondary N) is 1. The van der Waals surface area contributed by atoms with Crippen LogP contribution in [0.5, 0.6) is 0 Å². The summed E-state index contributed by atoms with van der Waals surface area (Å²) in [4.78, 5) is 28.4. The number of sulfonamides is 1. The number of nitrogens with zero attached hydrogens (tertiary/aromatic N) is 2. The molecule has 7 nitrogen and oxygen atoms in total. The zero-order valence-electron chi connectivity index (χ0n) is 22.8. The first-order chi connectivity index (χ1) is 19.2. The van der Waals surface area contributed by atoms with Crippen LogP contribution in [0.25, 0.3) is 0 Å². The molecule has 1 N–H and O–H groups in total. The van der Waals surface area contributed by atoms with Crippen molar-refractivity contribution in [2.45, 2.75) is 56.5 Å². The molecule has 1 fully saturated rings. The highest BCUT2D eigenvalue weighted by atomic mass is 35.5. The second kappa shape index (κ2) is 13.9. The zero-order chi connectivity index (χ0) is 28.5. The zero-order valence-corrected chi connectivity index (χ0v) is 24.3. The van der Waals surface area contributed by atoms with Crippen molar-refractivity contribution in [1.29, 1.82) is 0 Å². The van der Waals surface area contributed by atoms with E-state index in [1.54, 1.807) is 48.2 Å². The van der Waals surface area contributed by atoms with Crippen molar-refractivity contribution in [1.82, 2.24) is 14.5 Å². The number of halogens is 1. The first-order valence-corrected chi connectivity index (χ1v) is 15.5. The van der Waals surface area contributed by atoms with E-state index in [-0.39, 0.29) is 29.7 Å². The molecule has 212 valence electrons. The van der Waals surface area contributed by atoms with E-state index in [1.165, 1.54) is 4.31 Å². The molecule has 1 saturated heterocycles. The molecule has 2 amide bonds. The van der Waals surface area contributed by atoms with Gasteiger partial charge in [0.05, 0.1) is 4.90 Å². The fraction of sp³-hybridized carbons (Fsp3) is 0.355. The lowest BCUT2D eigenvalue weighted by Crippen LogP contribution is -2.48. The van der Waals surface area contributed by atoms with Gasteiger partial charge in [-0.15, -0.1) is 0 Å². The third-order valence-corrected chi connectivity index (χ3v) is 9.41. The minimum atomic E-state index is -3.48. The van der Waals surface area contributed by atoms with Gasteiger partial charge in [-0.1, -0.05) is 66.2 Å². The van der Waals surface area contributed by atoms with E-state index in [0.717, 1.165) is 29.5 Å². The highest BCUT2D eigenvalue weighted by Gasteiger charge is 2.28. The first-order valence-electron chi connectivity index (χ1n) is 13.7. The Kier molecular flexibility index (Phi) is 10.4. The first kappa shape index (κ1) is 29.8. The molecule has 0 radical (unpaired) electrons. The number of rotatable bonds is 12. The summed E-state index contributed by atoms with van der Waals surface area (Å²) in [7, 11) is -3.48. The third-order valence-electron chi connectivity index (χ3n) is 7.24. The molecular weight excluding hydrogens is 546 g/mol. The third kappa shape index (κ3) is 7.93. The van der Waals surface area contributed by atoms with E-state index in [1.807, 2.05) is 42.5 Å². The summed E-state index contributed by atoms with van der Waals surface area (Å²) in [6.45, 7) is 3.60. The van der Waals surface area contributed by atoms with Gasteiger partial charge in [0.15, 0.2) is 0 Å². The Balaban J connectivity index is 1.39. The van der Waals surface area contributed by atoms with Gasteiger partial charge in [0.25, 0.3) is 0 Å². The molecule has 0 aromatic heterocycles. The Bertz CT molecular complexity index is 1370. The van der Waals surface area contributed by atoms with Crippen LogP contribution in [0.1, 0.15) is 42.9 Å². The van der Waals surface area contributed by atoms with Crippen molar-refractivity contribution in [3.05, 3.63) is 101 Å². The van der Waals surface area contributed by atoms with Gasteiger partial charge in [-0.05, 0) is 73.6 Å². The van der Waals surface area contributed by atoms with Crippen molar-refractivity contribution < 1.29 is 18.0 Å². The molecule has 4 rings (SSSR count). The van der Waals surface area contributed by atoms with E-state index in [0.29, 0.717) is 37.5 Å². The Morgan fingerprint density at radius 3 is 2.12 bits per heavy atom. The van der Waals surface area contributed by atoms with E-state index in [4.69, 9.17) is 11.6 Å². The topological polar surface area (TPSA) is 86.8 Å². The van der Waals surface area contributed by atoms with Gasteiger partial charge < -0.3 is 10.2 Å². The minimum absolute atomic E-state index is 0.158. The quantitative estimate of drug-likeness (QED) is 0.332. The molecule has 0 bridgehead atoms. The van der Waals surface area contributed by atoms with Gasteiger partial charge in [-0.25, -0.2) is 8.42 Å². The molecule has 1 heterocycles. The maximum atomic E-state index is 13.4. The maximum absolute atomic E-state index is 13.4. The number of hydrogen-bond acceptors (Lipinski definition) is 4. The van der Waals surface area contributed by atoms with Crippen molar-refractivity contribution in [3.8, 4) is 0 Å². The van der Waals surface area contributed by atoms with Crippen molar-refractivity contribution in [3.63, 3.8) is 0 Å². The van der Waals surface area contributed by atoms with Gasteiger partial charge in [-0.2, -0.15) is 4.31 Å². The lowest BCUT2D eigenvalue weighted by Gasteiger charge is -2.29. The number of aryl methyl sites for hydroxylation is 1. The molecule has 1 aliphatic rings. The molecule has 9 heteroatoms. The molecule has 0 spiro atoms. The van der Waals surface area contributed by atoms with E-state index >= 15 is 0 Å². The van der Waals surface area contributed by atoms with Gasteiger partial charge in [0.1, 0.15) is 6.04 Å². The summed E-state index contributed by atoms with van der Waals surface area (Å²) in [6.07, 6.45) is 3.09. The van der Waals surface area contributed by atoms with Gasteiger partial charge in [0.2, 0.25) is 21.8 Å². The van der Waals surface area contributed by atoms with E-state index < -0.39 is 16.1 Å². The van der Waals surface area contributed by atoms with Crippen LogP contribution in [0.4, 0.5) is 0 Å². The molecule has 1 atom stereocenters. The smallest absolute Gasteiger partial charge is 0.243 e. The number of carbonyl (C=O) groups is 2. The molecule has 1 aliphatic heterocycles. The molecule has 0 saturated carbocycles. The van der Waals surface area contributed by atoms with Gasteiger partial charge in [-0.3, -0.25) is 9.59 Å². The van der Waals surface area contributed by atoms with Crippen LogP contribution < -0.4 is 5.32 Å². The summed E-state index contributed by atoms with van der Waals surface area (Å²) >= 11 is 6.04. The second-order valence-electron chi connectivity index (χ2n) is 10.1. The van der Waals surface area contributed by atoms with Gasteiger partial charge in [0, 0.05) is 37.6 Å². The number of benzene rings is 3. The summed E-state index contributed by atoms with van der Waals surface area (Å²) in [5.41, 5.74) is 2.86. The lowest BCUT2D eigenvalue weighted by atomic mass is 10.1.